The van der Waals surface area contributed by atoms with E-state index in [0.29, 0.717) is 6.04 Å². The summed E-state index contributed by atoms with van der Waals surface area (Å²) in [7, 11) is 1.72. The van der Waals surface area contributed by atoms with E-state index >= 15 is 0 Å². The summed E-state index contributed by atoms with van der Waals surface area (Å²) in [6.45, 7) is 9.54. The molecule has 0 aliphatic carbocycles. The molecule has 3 aromatic rings. The normalized spacial score (nSPS) is 18.3. The maximum absolute atomic E-state index is 5.36. The molecule has 25 heavy (non-hydrogen) atoms. The van der Waals surface area contributed by atoms with Crippen LogP contribution in [-0.2, 0) is 6.54 Å². The number of aryl methyl sites for hydroxylation is 3. The Bertz CT molecular complexity index is 908. The van der Waals surface area contributed by atoms with E-state index in [2.05, 4.69) is 58.6 Å². The molecule has 5 heteroatoms. The van der Waals surface area contributed by atoms with Crippen LogP contribution >= 0.6 is 0 Å². The average Bonchev–Trinajstić information content (AvgIpc) is 3.27. The number of fused-ring (bicyclic) bond motifs is 1. The first-order valence-electron chi connectivity index (χ1n) is 8.95. The number of rotatable bonds is 4. The minimum atomic E-state index is 0.485. The van der Waals surface area contributed by atoms with E-state index < -0.39 is 0 Å². The van der Waals surface area contributed by atoms with Gasteiger partial charge >= 0.3 is 0 Å². The first-order chi connectivity index (χ1) is 12.0. The van der Waals surface area contributed by atoms with Crippen molar-refractivity contribution in [1.82, 2.24) is 19.7 Å². The van der Waals surface area contributed by atoms with E-state index in [4.69, 9.17) is 4.74 Å². The van der Waals surface area contributed by atoms with Gasteiger partial charge in [-0.05, 0) is 57.0 Å². The lowest BCUT2D eigenvalue weighted by Crippen LogP contribution is -2.22. The fourth-order valence-electron chi connectivity index (χ4n) is 4.04. The predicted molar refractivity (Wildman–Crippen MR) is 100 cm³/mol. The number of benzene rings is 1. The number of likely N-dealkylation sites (tertiary alicyclic amines) is 1. The Morgan fingerprint density at radius 2 is 2.08 bits per heavy atom. The van der Waals surface area contributed by atoms with Gasteiger partial charge in [0, 0.05) is 41.9 Å². The highest BCUT2D eigenvalue weighted by Crippen LogP contribution is 2.29. The lowest BCUT2D eigenvalue weighted by Gasteiger charge is -2.17. The molecular formula is C20H26N4O. The lowest BCUT2D eigenvalue weighted by molar-refractivity contribution is 0.307. The molecule has 0 saturated carbocycles. The Kier molecular flexibility index (Phi) is 4.04. The van der Waals surface area contributed by atoms with Crippen LogP contribution in [0.2, 0.25) is 0 Å². The van der Waals surface area contributed by atoms with Crippen molar-refractivity contribution in [3.63, 3.8) is 0 Å². The van der Waals surface area contributed by atoms with Crippen LogP contribution in [0.1, 0.15) is 35.1 Å². The molecule has 0 spiro atoms. The summed E-state index contributed by atoms with van der Waals surface area (Å²) in [5.41, 5.74) is 6.18. The van der Waals surface area contributed by atoms with Crippen LogP contribution in [0.5, 0.6) is 5.75 Å². The number of ether oxygens (including phenoxy) is 1. The Morgan fingerprint density at radius 1 is 1.24 bits per heavy atom. The van der Waals surface area contributed by atoms with Gasteiger partial charge in [0.1, 0.15) is 5.75 Å². The van der Waals surface area contributed by atoms with Crippen LogP contribution in [0.15, 0.2) is 24.3 Å². The summed E-state index contributed by atoms with van der Waals surface area (Å²) in [6, 6.07) is 8.88. The summed E-state index contributed by atoms with van der Waals surface area (Å²) in [5.74, 6) is 0.909. The van der Waals surface area contributed by atoms with E-state index in [1.807, 2.05) is 6.07 Å². The second-order valence-corrected chi connectivity index (χ2v) is 7.19. The molecule has 132 valence electrons. The molecule has 0 bridgehead atoms. The second kappa shape index (κ2) is 6.23. The van der Waals surface area contributed by atoms with Crippen LogP contribution in [0.25, 0.3) is 10.9 Å². The highest BCUT2D eigenvalue weighted by atomic mass is 16.5. The molecule has 0 radical (unpaired) electrons. The van der Waals surface area contributed by atoms with Crippen LogP contribution in [0, 0.1) is 20.8 Å². The van der Waals surface area contributed by atoms with Crippen molar-refractivity contribution in [3.8, 4) is 5.75 Å². The lowest BCUT2D eigenvalue weighted by atomic mass is 10.1. The summed E-state index contributed by atoms with van der Waals surface area (Å²) in [6.07, 6.45) is 1.16. The van der Waals surface area contributed by atoms with Crippen molar-refractivity contribution >= 4 is 10.9 Å². The van der Waals surface area contributed by atoms with Crippen molar-refractivity contribution in [2.24, 2.45) is 0 Å². The van der Waals surface area contributed by atoms with Gasteiger partial charge in [-0.1, -0.05) is 0 Å². The topological polar surface area (TPSA) is 46.1 Å². The first kappa shape index (κ1) is 16.2. The number of nitrogens with one attached hydrogen (secondary N) is 1. The molecule has 1 N–H and O–H groups in total. The van der Waals surface area contributed by atoms with Crippen molar-refractivity contribution in [2.45, 2.75) is 39.8 Å². The van der Waals surface area contributed by atoms with Crippen molar-refractivity contribution in [1.29, 1.82) is 0 Å². The van der Waals surface area contributed by atoms with Gasteiger partial charge in [0.2, 0.25) is 0 Å². The van der Waals surface area contributed by atoms with Crippen LogP contribution in [0.3, 0.4) is 0 Å². The third-order valence-electron chi connectivity index (χ3n) is 5.39. The number of aromatic nitrogens is 3. The fourth-order valence-corrected chi connectivity index (χ4v) is 4.04. The maximum Gasteiger partial charge on any atom is 0.119 e. The van der Waals surface area contributed by atoms with E-state index in [-0.39, 0.29) is 0 Å². The summed E-state index contributed by atoms with van der Waals surface area (Å²) >= 11 is 0. The molecule has 2 aromatic heterocycles. The van der Waals surface area contributed by atoms with Crippen molar-refractivity contribution in [2.75, 3.05) is 20.2 Å². The molecule has 4 rings (SSSR count). The number of H-pyrrole nitrogens is 1. The molecule has 1 aromatic carbocycles. The molecule has 0 amide bonds. The van der Waals surface area contributed by atoms with Crippen molar-refractivity contribution in [3.05, 3.63) is 46.9 Å². The van der Waals surface area contributed by atoms with Gasteiger partial charge in [0.15, 0.2) is 0 Å². The largest absolute Gasteiger partial charge is 0.497 e. The Hall–Kier alpha value is -2.27. The van der Waals surface area contributed by atoms with E-state index in [1.54, 1.807) is 7.11 Å². The Labute approximate surface area is 148 Å². The molecule has 3 heterocycles. The quantitative estimate of drug-likeness (QED) is 0.788. The number of nitrogens with zero attached hydrogens (tertiary/aromatic N) is 3. The van der Waals surface area contributed by atoms with E-state index in [0.717, 1.165) is 37.5 Å². The molecule has 1 atom stereocenters. The van der Waals surface area contributed by atoms with Gasteiger partial charge < -0.3 is 9.72 Å². The number of methoxy groups -OCH3 is 1. The molecule has 1 aliphatic rings. The molecule has 1 aliphatic heterocycles. The van der Waals surface area contributed by atoms with Gasteiger partial charge in [-0.2, -0.15) is 5.10 Å². The highest BCUT2D eigenvalue weighted by molar-refractivity contribution is 5.85. The molecule has 1 fully saturated rings. The minimum Gasteiger partial charge on any atom is -0.497 e. The zero-order valence-corrected chi connectivity index (χ0v) is 15.5. The highest BCUT2D eigenvalue weighted by Gasteiger charge is 2.26. The predicted octanol–water partition coefficient (Wildman–Crippen LogP) is 3.75. The zero-order valence-electron chi connectivity index (χ0n) is 15.5. The van der Waals surface area contributed by atoms with Crippen LogP contribution in [-0.4, -0.2) is 39.9 Å². The Morgan fingerprint density at radius 3 is 2.80 bits per heavy atom. The standard InChI is InChI=1S/C20H26N4O/c1-13-9-14(2)24(22-13)16-7-8-23(11-16)12-20-15(3)18-10-17(25-4)5-6-19(18)21-20/h5-6,9-10,16,21H,7-8,11-12H2,1-4H3. The van der Waals surface area contributed by atoms with Crippen LogP contribution < -0.4 is 4.74 Å². The smallest absolute Gasteiger partial charge is 0.119 e. The SMILES string of the molecule is COc1ccc2[nH]c(CN3CCC(n4nc(C)cc4C)C3)c(C)c2c1. The average molecular weight is 338 g/mol. The zero-order chi connectivity index (χ0) is 17.6. The minimum absolute atomic E-state index is 0.485. The monoisotopic (exact) mass is 338 g/mol. The van der Waals surface area contributed by atoms with E-state index in [1.165, 1.54) is 27.9 Å². The third-order valence-corrected chi connectivity index (χ3v) is 5.39. The second-order valence-electron chi connectivity index (χ2n) is 7.19. The molecular weight excluding hydrogens is 312 g/mol. The number of hydrogen-bond donors (Lipinski definition) is 1. The molecule has 1 saturated heterocycles. The Balaban J connectivity index is 1.52. The van der Waals surface area contributed by atoms with Gasteiger partial charge in [-0.25, -0.2) is 0 Å². The number of aromatic amines is 1. The first-order valence-corrected chi connectivity index (χ1v) is 8.95. The summed E-state index contributed by atoms with van der Waals surface area (Å²) in [5, 5.41) is 5.93. The van der Waals surface area contributed by atoms with Gasteiger partial charge in [0.05, 0.1) is 18.8 Å². The van der Waals surface area contributed by atoms with Crippen LogP contribution in [0.4, 0.5) is 0 Å². The van der Waals surface area contributed by atoms with E-state index in [9.17, 15) is 0 Å². The number of hydrogen-bond acceptors (Lipinski definition) is 3. The maximum atomic E-state index is 5.36. The summed E-state index contributed by atoms with van der Waals surface area (Å²) in [4.78, 5) is 6.12. The van der Waals surface area contributed by atoms with Gasteiger partial charge in [0.25, 0.3) is 0 Å². The van der Waals surface area contributed by atoms with Crippen molar-refractivity contribution < 1.29 is 4.74 Å². The van der Waals surface area contributed by atoms with Gasteiger partial charge in [-0.15, -0.1) is 0 Å². The third kappa shape index (κ3) is 2.93. The molecule has 5 nitrogen and oxygen atoms in total. The van der Waals surface area contributed by atoms with Gasteiger partial charge in [-0.3, -0.25) is 9.58 Å². The summed E-state index contributed by atoms with van der Waals surface area (Å²) < 4.78 is 7.57. The fraction of sp³-hybridized carbons (Fsp3) is 0.450. The molecule has 1 unspecified atom stereocenters.